The lowest BCUT2D eigenvalue weighted by molar-refractivity contribution is 0.00377. The number of benzene rings is 2. The Bertz CT molecular complexity index is 690. The van der Waals surface area contributed by atoms with Crippen LogP contribution >= 0.6 is 0 Å². The molecule has 0 aliphatic carbocycles. The maximum Gasteiger partial charge on any atom is 0.124 e. The van der Waals surface area contributed by atoms with Crippen molar-refractivity contribution in [1.82, 2.24) is 10.2 Å². The second kappa shape index (κ2) is 6.58. The fourth-order valence-electron chi connectivity index (χ4n) is 3.88. The highest BCUT2D eigenvalue weighted by Crippen LogP contribution is 2.33. The van der Waals surface area contributed by atoms with Gasteiger partial charge in [0.15, 0.2) is 0 Å². The fraction of sp³-hybridized carbons (Fsp3) is 0.429. The third-order valence-corrected chi connectivity index (χ3v) is 5.32. The van der Waals surface area contributed by atoms with E-state index in [1.807, 2.05) is 0 Å². The molecular formula is C21H26N2O. The summed E-state index contributed by atoms with van der Waals surface area (Å²) in [5.41, 5.74) is 3.94. The average Bonchev–Trinajstić information content (AvgIpc) is 2.77. The number of aryl methyl sites for hydroxylation is 1. The molecule has 3 nitrogen and oxygen atoms in total. The maximum absolute atomic E-state index is 6.55. The second-order valence-corrected chi connectivity index (χ2v) is 7.26. The van der Waals surface area contributed by atoms with E-state index in [0.717, 1.165) is 51.3 Å². The van der Waals surface area contributed by atoms with Crippen LogP contribution < -0.4 is 10.1 Å². The smallest absolute Gasteiger partial charge is 0.124 e. The predicted molar refractivity (Wildman–Crippen MR) is 97.2 cm³/mol. The first-order chi connectivity index (χ1) is 11.7. The summed E-state index contributed by atoms with van der Waals surface area (Å²) in [6.45, 7) is 7.23. The van der Waals surface area contributed by atoms with E-state index in [-0.39, 0.29) is 5.60 Å². The van der Waals surface area contributed by atoms with Gasteiger partial charge in [0.05, 0.1) is 0 Å². The van der Waals surface area contributed by atoms with E-state index < -0.39 is 0 Å². The minimum Gasteiger partial charge on any atom is -0.486 e. The van der Waals surface area contributed by atoms with Crippen LogP contribution in [0.3, 0.4) is 0 Å². The number of nitrogens with one attached hydrogen (secondary N) is 1. The summed E-state index contributed by atoms with van der Waals surface area (Å²) in [5, 5.41) is 3.61. The van der Waals surface area contributed by atoms with Crippen LogP contribution in [0.4, 0.5) is 0 Å². The highest BCUT2D eigenvalue weighted by Gasteiger charge is 2.38. The van der Waals surface area contributed by atoms with Crippen LogP contribution in [0.1, 0.15) is 29.5 Å². The molecular weight excluding hydrogens is 296 g/mol. The summed E-state index contributed by atoms with van der Waals surface area (Å²) in [4.78, 5) is 2.55. The van der Waals surface area contributed by atoms with Gasteiger partial charge in [0, 0.05) is 51.1 Å². The molecule has 0 aromatic heterocycles. The largest absolute Gasteiger partial charge is 0.486 e. The van der Waals surface area contributed by atoms with Crippen molar-refractivity contribution < 1.29 is 4.74 Å². The van der Waals surface area contributed by atoms with Crippen LogP contribution in [0.15, 0.2) is 48.5 Å². The van der Waals surface area contributed by atoms with E-state index in [4.69, 9.17) is 4.74 Å². The number of rotatable bonds is 2. The fourth-order valence-corrected chi connectivity index (χ4v) is 3.88. The Morgan fingerprint density at radius 3 is 2.67 bits per heavy atom. The quantitative estimate of drug-likeness (QED) is 0.916. The zero-order valence-electron chi connectivity index (χ0n) is 14.4. The SMILES string of the molecule is Cc1ccc2c(c1)CNCC1(CCN(Cc3ccccc3)CC1)O2. The molecule has 0 unspecified atom stereocenters. The molecule has 2 aliphatic rings. The van der Waals surface area contributed by atoms with E-state index in [1.54, 1.807) is 0 Å². The van der Waals surface area contributed by atoms with Gasteiger partial charge < -0.3 is 10.1 Å². The summed E-state index contributed by atoms with van der Waals surface area (Å²) in [5.74, 6) is 1.07. The Labute approximate surface area is 144 Å². The van der Waals surface area contributed by atoms with E-state index >= 15 is 0 Å². The standard InChI is InChI=1S/C21H26N2O/c1-17-7-8-20-19(13-17)14-22-16-21(24-20)9-11-23(12-10-21)15-18-5-3-2-4-6-18/h2-8,13,22H,9-12,14-16H2,1H3. The van der Waals surface area contributed by atoms with Crippen LogP contribution in [0, 0.1) is 6.92 Å². The number of hydrogen-bond acceptors (Lipinski definition) is 3. The van der Waals surface area contributed by atoms with Crippen LogP contribution in [0.5, 0.6) is 5.75 Å². The topological polar surface area (TPSA) is 24.5 Å². The van der Waals surface area contributed by atoms with Gasteiger partial charge in [-0.15, -0.1) is 0 Å². The van der Waals surface area contributed by atoms with Crippen molar-refractivity contribution in [3.63, 3.8) is 0 Å². The molecule has 1 N–H and O–H groups in total. The van der Waals surface area contributed by atoms with Crippen LogP contribution in [0.2, 0.25) is 0 Å². The zero-order chi connectivity index (χ0) is 16.4. The first kappa shape index (κ1) is 15.7. The summed E-state index contributed by atoms with van der Waals surface area (Å²) < 4.78 is 6.55. The minimum absolute atomic E-state index is 0.0479. The van der Waals surface area contributed by atoms with Crippen molar-refractivity contribution >= 4 is 0 Å². The highest BCUT2D eigenvalue weighted by atomic mass is 16.5. The Morgan fingerprint density at radius 1 is 1.08 bits per heavy atom. The lowest BCUT2D eigenvalue weighted by Gasteiger charge is -2.41. The normalized spacial score (nSPS) is 20.2. The lowest BCUT2D eigenvalue weighted by atomic mass is 9.90. The van der Waals surface area contributed by atoms with Crippen LogP contribution in [0.25, 0.3) is 0 Å². The maximum atomic E-state index is 6.55. The number of nitrogens with zero attached hydrogens (tertiary/aromatic N) is 1. The molecule has 2 aliphatic heterocycles. The molecule has 24 heavy (non-hydrogen) atoms. The molecule has 2 aromatic rings. The van der Waals surface area contributed by atoms with Gasteiger partial charge in [-0.05, 0) is 18.6 Å². The molecule has 0 atom stereocenters. The molecule has 2 aromatic carbocycles. The summed E-state index contributed by atoms with van der Waals surface area (Å²) in [6.07, 6.45) is 2.17. The molecule has 1 fully saturated rings. The summed E-state index contributed by atoms with van der Waals surface area (Å²) in [6, 6.07) is 17.3. The second-order valence-electron chi connectivity index (χ2n) is 7.26. The molecule has 0 amide bonds. The molecule has 1 saturated heterocycles. The third kappa shape index (κ3) is 3.33. The van der Waals surface area contributed by atoms with Gasteiger partial charge in [0.1, 0.15) is 11.4 Å². The third-order valence-electron chi connectivity index (χ3n) is 5.32. The lowest BCUT2D eigenvalue weighted by Crippen LogP contribution is -2.52. The van der Waals surface area contributed by atoms with Gasteiger partial charge in [0.2, 0.25) is 0 Å². The molecule has 0 bridgehead atoms. The number of piperidine rings is 1. The molecule has 126 valence electrons. The van der Waals surface area contributed by atoms with Crippen molar-refractivity contribution in [3.8, 4) is 5.75 Å². The van der Waals surface area contributed by atoms with Crippen molar-refractivity contribution in [1.29, 1.82) is 0 Å². The summed E-state index contributed by atoms with van der Waals surface area (Å²) >= 11 is 0. The van der Waals surface area contributed by atoms with Crippen LogP contribution in [-0.4, -0.2) is 30.1 Å². The zero-order valence-corrected chi connectivity index (χ0v) is 14.4. The van der Waals surface area contributed by atoms with Gasteiger partial charge in [-0.1, -0.05) is 48.0 Å². The van der Waals surface area contributed by atoms with Gasteiger partial charge >= 0.3 is 0 Å². The predicted octanol–water partition coefficient (Wildman–Crippen LogP) is 3.51. The molecule has 1 spiro atoms. The first-order valence-electron chi connectivity index (χ1n) is 8.98. The van der Waals surface area contributed by atoms with Crippen LogP contribution in [-0.2, 0) is 13.1 Å². The Kier molecular flexibility index (Phi) is 4.30. The van der Waals surface area contributed by atoms with Gasteiger partial charge in [0.25, 0.3) is 0 Å². The highest BCUT2D eigenvalue weighted by molar-refractivity contribution is 5.38. The Morgan fingerprint density at radius 2 is 1.88 bits per heavy atom. The van der Waals surface area contributed by atoms with Crippen molar-refractivity contribution in [2.75, 3.05) is 19.6 Å². The molecule has 3 heteroatoms. The van der Waals surface area contributed by atoms with Gasteiger partial charge in [-0.2, -0.15) is 0 Å². The number of likely N-dealkylation sites (tertiary alicyclic amines) is 1. The van der Waals surface area contributed by atoms with E-state index in [0.29, 0.717) is 0 Å². The van der Waals surface area contributed by atoms with Crippen molar-refractivity contribution in [3.05, 3.63) is 65.2 Å². The first-order valence-corrected chi connectivity index (χ1v) is 8.98. The van der Waals surface area contributed by atoms with Gasteiger partial charge in [-0.3, -0.25) is 4.90 Å². The Balaban J connectivity index is 1.43. The molecule has 4 rings (SSSR count). The molecule has 2 heterocycles. The molecule has 0 radical (unpaired) electrons. The number of hydrogen-bond donors (Lipinski definition) is 1. The van der Waals surface area contributed by atoms with Crippen molar-refractivity contribution in [2.45, 2.75) is 38.5 Å². The van der Waals surface area contributed by atoms with E-state index in [1.165, 1.54) is 16.7 Å². The average molecular weight is 322 g/mol. The number of ether oxygens (including phenoxy) is 1. The minimum atomic E-state index is -0.0479. The number of fused-ring (bicyclic) bond motifs is 1. The monoisotopic (exact) mass is 322 g/mol. The molecule has 0 saturated carbocycles. The van der Waals surface area contributed by atoms with Crippen molar-refractivity contribution in [2.24, 2.45) is 0 Å². The van der Waals surface area contributed by atoms with Gasteiger partial charge in [-0.25, -0.2) is 0 Å². The summed E-state index contributed by atoms with van der Waals surface area (Å²) in [7, 11) is 0. The van der Waals surface area contributed by atoms with E-state index in [2.05, 4.69) is 65.7 Å². The van der Waals surface area contributed by atoms with E-state index in [9.17, 15) is 0 Å². The Hall–Kier alpha value is -1.84.